The van der Waals surface area contributed by atoms with Crippen molar-refractivity contribution in [1.82, 2.24) is 9.78 Å². The smallest absolute Gasteiger partial charge is 0.337 e. The molecule has 16 heavy (non-hydrogen) atoms. The Hall–Kier alpha value is -2.10. The summed E-state index contributed by atoms with van der Waals surface area (Å²) in [6.07, 6.45) is 3.61. The molecule has 0 fully saturated rings. The van der Waals surface area contributed by atoms with Gasteiger partial charge in [-0.05, 0) is 23.8 Å². The first-order valence-corrected chi connectivity index (χ1v) is 4.94. The summed E-state index contributed by atoms with van der Waals surface area (Å²) in [5, 5.41) is 4.11. The molecule has 0 radical (unpaired) electrons. The number of hydrogen-bond acceptors (Lipinski definition) is 3. The van der Waals surface area contributed by atoms with E-state index in [-0.39, 0.29) is 5.97 Å². The van der Waals surface area contributed by atoms with Crippen LogP contribution in [0.15, 0.2) is 42.7 Å². The van der Waals surface area contributed by atoms with E-state index in [9.17, 15) is 4.79 Å². The molecule has 1 heterocycles. The molecule has 1 aromatic carbocycles. The van der Waals surface area contributed by atoms with Gasteiger partial charge in [-0.25, -0.2) is 4.79 Å². The molecule has 1 aromatic heterocycles. The monoisotopic (exact) mass is 216 g/mol. The van der Waals surface area contributed by atoms with Crippen LogP contribution in [-0.4, -0.2) is 22.9 Å². The normalized spacial score (nSPS) is 10.1. The zero-order valence-corrected chi connectivity index (χ0v) is 8.96. The second-order valence-electron chi connectivity index (χ2n) is 3.40. The fraction of sp³-hybridized carbons (Fsp3) is 0.167. The number of rotatable bonds is 3. The SMILES string of the molecule is COC(=O)c1cccc(Cn2cccn2)c1. The summed E-state index contributed by atoms with van der Waals surface area (Å²) < 4.78 is 6.47. The molecule has 0 aliphatic rings. The predicted molar refractivity (Wildman–Crippen MR) is 59.1 cm³/mol. The first kappa shape index (κ1) is 10.4. The van der Waals surface area contributed by atoms with E-state index in [1.54, 1.807) is 16.9 Å². The summed E-state index contributed by atoms with van der Waals surface area (Å²) in [5.41, 5.74) is 1.58. The molecule has 4 nitrogen and oxygen atoms in total. The number of carbonyl (C=O) groups is 1. The van der Waals surface area contributed by atoms with Gasteiger partial charge in [-0.15, -0.1) is 0 Å². The van der Waals surface area contributed by atoms with Crippen LogP contribution in [0.2, 0.25) is 0 Å². The van der Waals surface area contributed by atoms with Gasteiger partial charge in [-0.1, -0.05) is 12.1 Å². The first-order chi connectivity index (χ1) is 7.79. The zero-order valence-electron chi connectivity index (χ0n) is 8.96. The van der Waals surface area contributed by atoms with E-state index in [2.05, 4.69) is 9.84 Å². The number of ether oxygens (including phenoxy) is 1. The minimum absolute atomic E-state index is 0.317. The molecule has 2 aromatic rings. The van der Waals surface area contributed by atoms with Gasteiger partial charge in [0.1, 0.15) is 0 Å². The molecule has 0 saturated carbocycles. The van der Waals surface area contributed by atoms with Gasteiger partial charge < -0.3 is 4.74 Å². The summed E-state index contributed by atoms with van der Waals surface area (Å²) in [5.74, 6) is -0.317. The van der Waals surface area contributed by atoms with Gasteiger partial charge in [-0.3, -0.25) is 4.68 Å². The van der Waals surface area contributed by atoms with Crippen LogP contribution < -0.4 is 0 Å². The highest BCUT2D eigenvalue weighted by atomic mass is 16.5. The lowest BCUT2D eigenvalue weighted by Gasteiger charge is -2.04. The maximum Gasteiger partial charge on any atom is 0.337 e. The molecule has 2 rings (SSSR count). The second-order valence-corrected chi connectivity index (χ2v) is 3.40. The van der Waals surface area contributed by atoms with Crippen LogP contribution in [0.1, 0.15) is 15.9 Å². The fourth-order valence-corrected chi connectivity index (χ4v) is 1.50. The molecule has 0 unspecified atom stereocenters. The molecule has 0 amide bonds. The molecule has 82 valence electrons. The van der Waals surface area contributed by atoms with Crippen molar-refractivity contribution in [1.29, 1.82) is 0 Å². The van der Waals surface area contributed by atoms with Gasteiger partial charge in [0.25, 0.3) is 0 Å². The van der Waals surface area contributed by atoms with E-state index in [4.69, 9.17) is 0 Å². The quantitative estimate of drug-likeness (QED) is 0.734. The summed E-state index contributed by atoms with van der Waals surface area (Å²) >= 11 is 0. The van der Waals surface area contributed by atoms with Crippen molar-refractivity contribution in [3.05, 3.63) is 53.9 Å². The number of methoxy groups -OCH3 is 1. The standard InChI is InChI=1S/C12H12N2O2/c1-16-12(15)11-5-2-4-10(8-11)9-14-7-3-6-13-14/h2-8H,9H2,1H3. The van der Waals surface area contributed by atoms with E-state index >= 15 is 0 Å². The maximum absolute atomic E-state index is 11.3. The Morgan fingerprint density at radius 1 is 1.44 bits per heavy atom. The van der Waals surface area contributed by atoms with Gasteiger partial charge in [0.15, 0.2) is 0 Å². The third-order valence-corrected chi connectivity index (χ3v) is 2.25. The summed E-state index contributed by atoms with van der Waals surface area (Å²) in [6, 6.07) is 9.20. The Kier molecular flexibility index (Phi) is 3.00. The third-order valence-electron chi connectivity index (χ3n) is 2.25. The minimum Gasteiger partial charge on any atom is -0.465 e. The highest BCUT2D eigenvalue weighted by Gasteiger charge is 2.05. The molecule has 0 atom stereocenters. The minimum atomic E-state index is -0.317. The van der Waals surface area contributed by atoms with Crippen molar-refractivity contribution in [2.24, 2.45) is 0 Å². The predicted octanol–water partition coefficient (Wildman–Crippen LogP) is 1.72. The molecule has 0 N–H and O–H groups in total. The van der Waals surface area contributed by atoms with Crippen LogP contribution in [0.5, 0.6) is 0 Å². The lowest BCUT2D eigenvalue weighted by Crippen LogP contribution is -2.04. The number of esters is 1. The number of aromatic nitrogens is 2. The van der Waals surface area contributed by atoms with Crippen molar-refractivity contribution in [3.63, 3.8) is 0 Å². The van der Waals surface area contributed by atoms with Crippen LogP contribution in [0, 0.1) is 0 Å². The largest absolute Gasteiger partial charge is 0.465 e. The highest BCUT2D eigenvalue weighted by molar-refractivity contribution is 5.89. The van der Waals surface area contributed by atoms with E-state index in [0.29, 0.717) is 12.1 Å². The fourth-order valence-electron chi connectivity index (χ4n) is 1.50. The summed E-state index contributed by atoms with van der Waals surface area (Å²) in [6.45, 7) is 0.651. The lowest BCUT2D eigenvalue weighted by atomic mass is 10.1. The zero-order chi connectivity index (χ0) is 11.4. The second kappa shape index (κ2) is 4.61. The van der Waals surface area contributed by atoms with E-state index in [1.807, 2.05) is 30.5 Å². The van der Waals surface area contributed by atoms with Crippen LogP contribution >= 0.6 is 0 Å². The number of benzene rings is 1. The van der Waals surface area contributed by atoms with Crippen molar-refractivity contribution in [3.8, 4) is 0 Å². The van der Waals surface area contributed by atoms with Gasteiger partial charge in [0.05, 0.1) is 19.2 Å². The summed E-state index contributed by atoms with van der Waals surface area (Å²) in [4.78, 5) is 11.3. The Balaban J connectivity index is 2.19. The number of hydrogen-bond donors (Lipinski definition) is 0. The topological polar surface area (TPSA) is 44.1 Å². The average molecular weight is 216 g/mol. The Morgan fingerprint density at radius 3 is 3.00 bits per heavy atom. The number of nitrogens with zero attached hydrogens (tertiary/aromatic N) is 2. The van der Waals surface area contributed by atoms with E-state index in [0.717, 1.165) is 5.56 Å². The molecular formula is C12H12N2O2. The lowest BCUT2D eigenvalue weighted by molar-refractivity contribution is 0.0600. The van der Waals surface area contributed by atoms with Crippen LogP contribution in [0.3, 0.4) is 0 Å². The van der Waals surface area contributed by atoms with Gasteiger partial charge >= 0.3 is 5.97 Å². The molecular weight excluding hydrogens is 204 g/mol. The molecule has 0 spiro atoms. The van der Waals surface area contributed by atoms with Crippen molar-refractivity contribution in [2.45, 2.75) is 6.54 Å². The van der Waals surface area contributed by atoms with Crippen LogP contribution in [0.4, 0.5) is 0 Å². The van der Waals surface area contributed by atoms with Gasteiger partial charge in [-0.2, -0.15) is 5.10 Å². The molecule has 0 saturated heterocycles. The van der Waals surface area contributed by atoms with Gasteiger partial charge in [0.2, 0.25) is 0 Å². The van der Waals surface area contributed by atoms with Crippen LogP contribution in [0.25, 0.3) is 0 Å². The Labute approximate surface area is 93.5 Å². The maximum atomic E-state index is 11.3. The molecule has 4 heteroatoms. The van der Waals surface area contributed by atoms with Crippen molar-refractivity contribution < 1.29 is 9.53 Å². The van der Waals surface area contributed by atoms with Crippen molar-refractivity contribution in [2.75, 3.05) is 7.11 Å². The summed E-state index contributed by atoms with van der Waals surface area (Å²) in [7, 11) is 1.38. The molecule has 0 aliphatic heterocycles. The third kappa shape index (κ3) is 2.28. The Morgan fingerprint density at radius 2 is 2.31 bits per heavy atom. The molecule has 0 bridgehead atoms. The number of carbonyl (C=O) groups excluding carboxylic acids is 1. The Bertz CT molecular complexity index is 478. The van der Waals surface area contributed by atoms with Crippen molar-refractivity contribution >= 4 is 5.97 Å². The molecule has 0 aliphatic carbocycles. The van der Waals surface area contributed by atoms with E-state index < -0.39 is 0 Å². The van der Waals surface area contributed by atoms with Gasteiger partial charge in [0, 0.05) is 12.4 Å². The average Bonchev–Trinajstić information content (AvgIpc) is 2.81. The first-order valence-electron chi connectivity index (χ1n) is 4.94. The van der Waals surface area contributed by atoms with E-state index in [1.165, 1.54) is 7.11 Å². The van der Waals surface area contributed by atoms with Crippen LogP contribution in [-0.2, 0) is 11.3 Å². The highest BCUT2D eigenvalue weighted by Crippen LogP contribution is 2.07.